The minimum Gasteiger partial charge on any atom is -0.870 e. The van der Waals surface area contributed by atoms with Gasteiger partial charge < -0.3 is 15.2 Å². The van der Waals surface area contributed by atoms with Crippen molar-refractivity contribution in [3.05, 3.63) is 81.8 Å². The van der Waals surface area contributed by atoms with Crippen LogP contribution < -0.4 is 44.7 Å². The third-order valence-corrected chi connectivity index (χ3v) is 7.09. The van der Waals surface area contributed by atoms with Crippen LogP contribution in [0.3, 0.4) is 0 Å². The molecule has 4 aromatic rings. The van der Waals surface area contributed by atoms with Gasteiger partial charge >= 0.3 is 29.6 Å². The molecule has 0 unspecified atom stereocenters. The molecular weight excluding hydrogens is 576 g/mol. The minimum atomic E-state index is -4.57. The van der Waals surface area contributed by atoms with Gasteiger partial charge in [-0.3, -0.25) is 9.35 Å². The zero-order valence-corrected chi connectivity index (χ0v) is 25.4. The Morgan fingerprint density at radius 3 is 2.46 bits per heavy atom. The van der Waals surface area contributed by atoms with Crippen LogP contribution in [0.2, 0.25) is 10.0 Å². The van der Waals surface area contributed by atoms with Crippen LogP contribution in [0.4, 0.5) is 17.1 Å². The standard InChI is InChI=1S/C26H21Cl2N3O6S.Na/c1-3-37-25-19(27)9-6-10-21(25)29-26(33)18-11-15-7-4-5-8-17(15)23(24(18)32)31-30-22-13-16(38(34,35)36)12-20(28)14(22)2;/h4-13,32H,3H2,1-2H3,(H,29,33)(H,34,35,36);/q;+1/p-1. The summed E-state index contributed by atoms with van der Waals surface area (Å²) in [6.07, 6.45) is 0. The normalized spacial score (nSPS) is 11.4. The van der Waals surface area contributed by atoms with Gasteiger partial charge in [0.1, 0.15) is 0 Å². The van der Waals surface area contributed by atoms with Gasteiger partial charge in [0.15, 0.2) is 5.75 Å². The molecule has 0 bridgehead atoms. The summed E-state index contributed by atoms with van der Waals surface area (Å²) in [7, 11) is -4.57. The van der Waals surface area contributed by atoms with Crippen LogP contribution in [0.5, 0.6) is 11.5 Å². The van der Waals surface area contributed by atoms with Gasteiger partial charge in [-0.2, -0.15) is 18.6 Å². The average molecular weight is 596 g/mol. The molecule has 0 heterocycles. The predicted octanol–water partition coefficient (Wildman–Crippen LogP) is 3.85. The number of anilines is 1. The van der Waals surface area contributed by atoms with Crippen LogP contribution in [0.25, 0.3) is 10.8 Å². The molecule has 4 aromatic carbocycles. The molecule has 0 aromatic heterocycles. The van der Waals surface area contributed by atoms with Crippen molar-refractivity contribution in [3.8, 4) is 11.5 Å². The number of hydrogen-bond acceptors (Lipinski definition) is 7. The monoisotopic (exact) mass is 595 g/mol. The summed E-state index contributed by atoms with van der Waals surface area (Å²) in [5.41, 5.74) is 0.327. The molecule has 4 rings (SSSR count). The number of carbonyl (C=O) groups excluding carboxylic acids is 1. The maximum atomic E-state index is 13.5. The third kappa shape index (κ3) is 6.72. The summed E-state index contributed by atoms with van der Waals surface area (Å²) in [4.78, 5) is 12.8. The van der Waals surface area contributed by atoms with E-state index in [0.29, 0.717) is 28.0 Å². The summed E-state index contributed by atoms with van der Waals surface area (Å²) >= 11 is 12.3. The molecule has 39 heavy (non-hydrogen) atoms. The van der Waals surface area contributed by atoms with E-state index in [9.17, 15) is 22.9 Å². The Hall–Kier alpha value is -2.70. The van der Waals surface area contributed by atoms with Gasteiger partial charge in [-0.05, 0) is 55.1 Å². The summed E-state index contributed by atoms with van der Waals surface area (Å²) in [5, 5.41) is 25.6. The van der Waals surface area contributed by atoms with Crippen LogP contribution in [0.1, 0.15) is 22.8 Å². The van der Waals surface area contributed by atoms with Gasteiger partial charge in [0.05, 0.1) is 33.6 Å². The second kappa shape index (κ2) is 12.6. The van der Waals surface area contributed by atoms with E-state index in [1.165, 1.54) is 6.07 Å². The molecule has 13 heteroatoms. The van der Waals surface area contributed by atoms with Crippen LogP contribution in [-0.4, -0.2) is 25.5 Å². The molecule has 0 atom stereocenters. The zero-order valence-electron chi connectivity index (χ0n) is 21.0. The Morgan fingerprint density at radius 1 is 1.05 bits per heavy atom. The van der Waals surface area contributed by atoms with Gasteiger partial charge in [-0.1, -0.05) is 59.3 Å². The second-order valence-electron chi connectivity index (χ2n) is 8.05. The van der Waals surface area contributed by atoms with Crippen molar-refractivity contribution in [2.75, 3.05) is 11.9 Å². The molecule has 0 aliphatic heterocycles. The van der Waals surface area contributed by atoms with E-state index in [1.54, 1.807) is 56.3 Å². The quantitative estimate of drug-likeness (QED) is 0.189. The number of nitrogens with one attached hydrogen (secondary N) is 1. The van der Waals surface area contributed by atoms with E-state index in [2.05, 4.69) is 15.5 Å². The average Bonchev–Trinajstić information content (AvgIpc) is 2.86. The fourth-order valence-electron chi connectivity index (χ4n) is 3.66. The fraction of sp³-hybridized carbons (Fsp3) is 0.115. The molecule has 9 nitrogen and oxygen atoms in total. The van der Waals surface area contributed by atoms with Crippen LogP contribution >= 0.6 is 23.2 Å². The van der Waals surface area contributed by atoms with E-state index in [4.69, 9.17) is 27.9 Å². The first-order chi connectivity index (χ1) is 18.0. The number of rotatable bonds is 7. The van der Waals surface area contributed by atoms with E-state index in [-0.39, 0.29) is 63.0 Å². The summed E-state index contributed by atoms with van der Waals surface area (Å²) < 4.78 is 38.2. The molecule has 1 amide bonds. The van der Waals surface area contributed by atoms with Gasteiger partial charge in [0.2, 0.25) is 0 Å². The molecule has 0 saturated carbocycles. The Balaban J connectivity index is 0.00000420. The second-order valence-corrected chi connectivity index (χ2v) is 10.3. The third-order valence-electron chi connectivity index (χ3n) is 5.57. The largest absolute Gasteiger partial charge is 1.00 e. The van der Waals surface area contributed by atoms with Crippen molar-refractivity contribution in [2.24, 2.45) is 10.2 Å². The Bertz CT molecular complexity index is 1710. The van der Waals surface area contributed by atoms with Crippen LogP contribution in [0.15, 0.2) is 75.8 Å². The van der Waals surface area contributed by atoms with E-state index in [0.717, 1.165) is 12.1 Å². The SMILES string of the molecule is CCOc1c(Cl)cccc1NC(=O)c1cc2ccccc2c(N=Nc2cc(S(=O)(=O)O)cc(Cl)c2C)c1[O-].[Na+]. The minimum absolute atomic E-state index is 0. The Morgan fingerprint density at radius 2 is 1.77 bits per heavy atom. The number of benzene rings is 4. The number of halogens is 2. The number of carbonyl (C=O) groups is 1. The number of para-hydroxylation sites is 1. The van der Waals surface area contributed by atoms with Crippen molar-refractivity contribution in [1.82, 2.24) is 0 Å². The first-order valence-corrected chi connectivity index (χ1v) is 13.4. The number of fused-ring (bicyclic) bond motifs is 1. The van der Waals surface area contributed by atoms with Crippen molar-refractivity contribution in [3.63, 3.8) is 0 Å². The molecule has 0 fully saturated rings. The molecule has 196 valence electrons. The molecular formula is C26H20Cl2N3NaO6S. The fourth-order valence-corrected chi connectivity index (χ4v) is 4.70. The van der Waals surface area contributed by atoms with Gasteiger partial charge in [-0.15, -0.1) is 0 Å². The van der Waals surface area contributed by atoms with Crippen molar-refractivity contribution >= 4 is 67.1 Å². The van der Waals surface area contributed by atoms with Crippen LogP contribution in [0, 0.1) is 6.92 Å². The summed E-state index contributed by atoms with van der Waals surface area (Å²) in [6.45, 7) is 3.65. The molecule has 0 aliphatic rings. The van der Waals surface area contributed by atoms with Gasteiger partial charge in [-0.25, -0.2) is 0 Å². The zero-order chi connectivity index (χ0) is 27.6. The molecule has 0 saturated heterocycles. The summed E-state index contributed by atoms with van der Waals surface area (Å²) in [6, 6.07) is 15.2. The van der Waals surface area contributed by atoms with E-state index >= 15 is 0 Å². The maximum Gasteiger partial charge on any atom is 1.00 e. The maximum absolute atomic E-state index is 13.5. The number of azo groups is 1. The summed E-state index contributed by atoms with van der Waals surface area (Å²) in [5.74, 6) is -1.16. The van der Waals surface area contributed by atoms with Gasteiger partial charge in [0.25, 0.3) is 16.0 Å². The Kier molecular flexibility index (Phi) is 10.0. The molecule has 0 aliphatic carbocycles. The van der Waals surface area contributed by atoms with Crippen molar-refractivity contribution < 1.29 is 57.2 Å². The topological polar surface area (TPSA) is 140 Å². The first kappa shape index (κ1) is 30.8. The first-order valence-electron chi connectivity index (χ1n) is 11.2. The van der Waals surface area contributed by atoms with Crippen molar-refractivity contribution in [2.45, 2.75) is 18.7 Å². The smallest absolute Gasteiger partial charge is 0.870 e. The van der Waals surface area contributed by atoms with E-state index in [1.807, 2.05) is 0 Å². The van der Waals surface area contributed by atoms with Crippen molar-refractivity contribution in [1.29, 1.82) is 0 Å². The Labute approximate surface area is 256 Å². The molecule has 0 spiro atoms. The molecule has 2 N–H and O–H groups in total. The number of nitrogens with zero attached hydrogens (tertiary/aromatic N) is 2. The number of amides is 1. The van der Waals surface area contributed by atoms with Gasteiger partial charge in [0, 0.05) is 16.0 Å². The van der Waals surface area contributed by atoms with E-state index < -0.39 is 26.7 Å². The van der Waals surface area contributed by atoms with Crippen LogP contribution in [-0.2, 0) is 10.1 Å². The number of ether oxygens (including phenoxy) is 1. The predicted molar refractivity (Wildman–Crippen MR) is 144 cm³/mol. The number of hydrogen-bond donors (Lipinski definition) is 2. The molecule has 0 radical (unpaired) electrons.